The van der Waals surface area contributed by atoms with Gasteiger partial charge in [-0.2, -0.15) is 0 Å². The number of rotatable bonds is 58. The molecular formula is C69H120O6. The first-order valence-corrected chi connectivity index (χ1v) is 32.1. The molecule has 0 spiro atoms. The minimum Gasteiger partial charge on any atom is -0.462 e. The van der Waals surface area contributed by atoms with Gasteiger partial charge in [-0.1, -0.05) is 305 Å². The highest BCUT2D eigenvalue weighted by molar-refractivity contribution is 5.71. The van der Waals surface area contributed by atoms with Crippen LogP contribution in [0.25, 0.3) is 0 Å². The van der Waals surface area contributed by atoms with Crippen molar-refractivity contribution in [3.05, 3.63) is 85.1 Å². The van der Waals surface area contributed by atoms with Crippen molar-refractivity contribution in [2.45, 2.75) is 322 Å². The van der Waals surface area contributed by atoms with Gasteiger partial charge in [0.2, 0.25) is 0 Å². The number of hydrogen-bond donors (Lipinski definition) is 0. The topological polar surface area (TPSA) is 78.9 Å². The molecule has 0 rings (SSSR count). The summed E-state index contributed by atoms with van der Waals surface area (Å²) in [5.74, 6) is -0.877. The number of hydrogen-bond acceptors (Lipinski definition) is 6. The van der Waals surface area contributed by atoms with Crippen LogP contribution in [0.2, 0.25) is 0 Å². The molecule has 0 aromatic carbocycles. The Balaban J connectivity index is 4.01. The molecule has 0 radical (unpaired) electrons. The molecule has 0 saturated heterocycles. The van der Waals surface area contributed by atoms with Gasteiger partial charge in [0.1, 0.15) is 13.2 Å². The van der Waals surface area contributed by atoms with Crippen LogP contribution < -0.4 is 0 Å². The molecule has 75 heavy (non-hydrogen) atoms. The summed E-state index contributed by atoms with van der Waals surface area (Å²) in [6.45, 7) is 6.47. The van der Waals surface area contributed by atoms with Crippen molar-refractivity contribution >= 4 is 17.9 Å². The number of ether oxygens (including phenoxy) is 3. The summed E-state index contributed by atoms with van der Waals surface area (Å²) in [4.78, 5) is 37.9. The predicted octanol–water partition coefficient (Wildman–Crippen LogP) is 21.9. The van der Waals surface area contributed by atoms with Gasteiger partial charge in [0.15, 0.2) is 6.10 Å². The number of esters is 3. The Bertz CT molecular complexity index is 1430. The Hall–Kier alpha value is -3.41. The lowest BCUT2D eigenvalue weighted by Crippen LogP contribution is -2.30. The van der Waals surface area contributed by atoms with Gasteiger partial charge in [0.05, 0.1) is 0 Å². The fraction of sp³-hybridized carbons (Fsp3) is 0.754. The van der Waals surface area contributed by atoms with Crippen molar-refractivity contribution in [3.8, 4) is 0 Å². The van der Waals surface area contributed by atoms with Crippen LogP contribution in [0.1, 0.15) is 316 Å². The first kappa shape index (κ1) is 71.6. The van der Waals surface area contributed by atoms with Gasteiger partial charge >= 0.3 is 17.9 Å². The fourth-order valence-corrected chi connectivity index (χ4v) is 9.13. The minimum atomic E-state index is -0.771. The molecule has 0 aliphatic carbocycles. The van der Waals surface area contributed by atoms with E-state index in [1.165, 1.54) is 167 Å². The van der Waals surface area contributed by atoms with E-state index in [4.69, 9.17) is 14.2 Å². The first-order chi connectivity index (χ1) is 37.0. The molecule has 0 amide bonds. The Kier molecular flexibility index (Phi) is 60.3. The Morgan fingerprint density at radius 3 is 0.813 bits per heavy atom. The van der Waals surface area contributed by atoms with Crippen LogP contribution >= 0.6 is 0 Å². The highest BCUT2D eigenvalue weighted by Gasteiger charge is 2.19. The van der Waals surface area contributed by atoms with Gasteiger partial charge < -0.3 is 14.2 Å². The van der Waals surface area contributed by atoms with Crippen molar-refractivity contribution in [1.29, 1.82) is 0 Å². The molecule has 432 valence electrons. The van der Waals surface area contributed by atoms with Crippen LogP contribution in [0.4, 0.5) is 0 Å². The van der Waals surface area contributed by atoms with Crippen LogP contribution in [0, 0.1) is 0 Å². The van der Waals surface area contributed by atoms with Crippen molar-refractivity contribution in [3.63, 3.8) is 0 Å². The van der Waals surface area contributed by atoms with Gasteiger partial charge in [0.25, 0.3) is 0 Å². The van der Waals surface area contributed by atoms with Gasteiger partial charge in [-0.15, -0.1) is 0 Å². The van der Waals surface area contributed by atoms with Crippen molar-refractivity contribution < 1.29 is 28.6 Å². The van der Waals surface area contributed by atoms with E-state index in [-0.39, 0.29) is 31.1 Å². The van der Waals surface area contributed by atoms with E-state index < -0.39 is 6.10 Å². The molecule has 1 atom stereocenters. The third-order valence-corrected chi connectivity index (χ3v) is 13.9. The number of carbonyl (C=O) groups is 3. The van der Waals surface area contributed by atoms with E-state index >= 15 is 0 Å². The van der Waals surface area contributed by atoms with Crippen LogP contribution in [0.15, 0.2) is 85.1 Å². The molecule has 0 aliphatic rings. The zero-order chi connectivity index (χ0) is 54.3. The first-order valence-electron chi connectivity index (χ1n) is 32.1. The monoisotopic (exact) mass is 1040 g/mol. The summed E-state index contributed by atoms with van der Waals surface area (Å²) < 4.78 is 16.8. The van der Waals surface area contributed by atoms with E-state index in [1.807, 2.05) is 0 Å². The van der Waals surface area contributed by atoms with Gasteiger partial charge in [-0.3, -0.25) is 14.4 Å². The second kappa shape index (κ2) is 63.1. The van der Waals surface area contributed by atoms with Gasteiger partial charge in [0, 0.05) is 19.3 Å². The lowest BCUT2D eigenvalue weighted by Gasteiger charge is -2.18. The maximum Gasteiger partial charge on any atom is 0.306 e. The molecule has 0 aliphatic heterocycles. The largest absolute Gasteiger partial charge is 0.462 e. The summed E-state index contributed by atoms with van der Waals surface area (Å²) in [7, 11) is 0. The number of carbonyl (C=O) groups excluding carboxylic acids is 3. The van der Waals surface area contributed by atoms with E-state index in [0.717, 1.165) is 109 Å². The third-order valence-electron chi connectivity index (χ3n) is 13.9. The highest BCUT2D eigenvalue weighted by atomic mass is 16.6. The summed E-state index contributed by atoms with van der Waals surface area (Å²) in [6.07, 6.45) is 83.6. The fourth-order valence-electron chi connectivity index (χ4n) is 9.13. The minimum absolute atomic E-state index is 0.0737. The summed E-state index contributed by atoms with van der Waals surface area (Å²) in [5.41, 5.74) is 0. The second-order valence-electron chi connectivity index (χ2n) is 21.3. The van der Waals surface area contributed by atoms with Crippen LogP contribution in [-0.4, -0.2) is 37.2 Å². The zero-order valence-corrected chi connectivity index (χ0v) is 49.6. The molecule has 6 heteroatoms. The van der Waals surface area contributed by atoms with Crippen LogP contribution in [0.3, 0.4) is 0 Å². The summed E-state index contributed by atoms with van der Waals surface area (Å²) >= 11 is 0. The van der Waals surface area contributed by atoms with E-state index in [1.54, 1.807) is 0 Å². The quantitative estimate of drug-likeness (QED) is 0.0261. The average Bonchev–Trinajstić information content (AvgIpc) is 3.41. The normalized spacial score (nSPS) is 12.6. The lowest BCUT2D eigenvalue weighted by molar-refractivity contribution is -0.167. The van der Waals surface area contributed by atoms with Crippen LogP contribution in [0.5, 0.6) is 0 Å². The van der Waals surface area contributed by atoms with E-state index in [2.05, 4.69) is 106 Å². The van der Waals surface area contributed by atoms with E-state index in [9.17, 15) is 14.4 Å². The maximum atomic E-state index is 12.8. The van der Waals surface area contributed by atoms with Gasteiger partial charge in [-0.05, 0) is 77.0 Å². The molecular weight excluding hydrogens is 925 g/mol. The smallest absolute Gasteiger partial charge is 0.306 e. The molecule has 0 bridgehead atoms. The summed E-state index contributed by atoms with van der Waals surface area (Å²) in [6, 6.07) is 0. The van der Waals surface area contributed by atoms with Crippen molar-refractivity contribution in [2.24, 2.45) is 0 Å². The number of unbranched alkanes of at least 4 members (excludes halogenated alkanes) is 33. The highest BCUT2D eigenvalue weighted by Crippen LogP contribution is 2.17. The molecule has 0 fully saturated rings. The Morgan fingerprint density at radius 2 is 0.520 bits per heavy atom. The zero-order valence-electron chi connectivity index (χ0n) is 49.6. The third kappa shape index (κ3) is 61.3. The predicted molar refractivity (Wildman–Crippen MR) is 325 cm³/mol. The number of allylic oxidation sites excluding steroid dienone is 14. The SMILES string of the molecule is CC/C=C\C/C=C\C/C=C\C/C=C\C/C=C\C/C=C\C/C=C\CCCCCCCCCCCCCC(=O)OCC(COC(=O)CCCCCCC)OC(=O)CCCCCCCCCCCCCCCCCCCCC. The second-order valence-corrected chi connectivity index (χ2v) is 21.3. The Labute approximate surface area is 465 Å². The molecule has 0 aromatic rings. The molecule has 0 N–H and O–H groups in total. The van der Waals surface area contributed by atoms with Crippen molar-refractivity contribution in [2.75, 3.05) is 13.2 Å². The molecule has 6 nitrogen and oxygen atoms in total. The summed E-state index contributed by atoms with van der Waals surface area (Å²) in [5, 5.41) is 0. The standard InChI is InChI=1S/C69H120O6/c1-4-7-10-13-15-17-19-21-23-25-27-28-29-30-31-32-33-34-35-36-37-38-39-40-42-43-45-47-49-51-53-56-59-62-68(71)74-65-66(64-73-67(70)61-58-55-12-9-6-3)75-69(72)63-60-57-54-52-50-48-46-44-41-26-24-22-20-18-16-14-11-8-5-2/h7,10,15,17,21,23,27-28,30-31,33-34,36-37,66H,4-6,8-9,11-14,16,18-20,22,24-26,29,32,35,38-65H2,1-3H3/b10-7-,17-15-,23-21-,28-27-,31-30-,34-33-,37-36-. The molecule has 0 aromatic heterocycles. The van der Waals surface area contributed by atoms with Crippen molar-refractivity contribution in [1.82, 2.24) is 0 Å². The molecule has 0 saturated carbocycles. The van der Waals surface area contributed by atoms with Crippen LogP contribution in [-0.2, 0) is 28.6 Å². The van der Waals surface area contributed by atoms with Gasteiger partial charge in [-0.25, -0.2) is 0 Å². The molecule has 0 heterocycles. The van der Waals surface area contributed by atoms with E-state index in [0.29, 0.717) is 19.3 Å². The average molecular weight is 1050 g/mol. The lowest BCUT2D eigenvalue weighted by atomic mass is 10.0. The maximum absolute atomic E-state index is 12.8. The molecule has 1 unspecified atom stereocenters. The Morgan fingerprint density at radius 1 is 0.280 bits per heavy atom.